The summed E-state index contributed by atoms with van der Waals surface area (Å²) in [6, 6.07) is 17.1. The van der Waals surface area contributed by atoms with E-state index in [1.807, 2.05) is 48.5 Å². The summed E-state index contributed by atoms with van der Waals surface area (Å²) in [5, 5.41) is 20.3. The number of nitriles is 2. The standard InChI is InChI=1S/C20H8Cl3N3O/c21-17-11(8-24)12(9-25)18(22)20(19(17)23)27-15-7-3-6-14-16(15)10-4-1-2-5-13(10)26-14/h1-7,26H. The van der Waals surface area contributed by atoms with Gasteiger partial charge < -0.3 is 9.72 Å². The Balaban J connectivity index is 1.98. The van der Waals surface area contributed by atoms with Crippen LogP contribution in [0, 0.1) is 22.7 Å². The fraction of sp³-hybridized carbons (Fsp3) is 0. The van der Waals surface area contributed by atoms with E-state index in [4.69, 9.17) is 39.5 Å². The minimum absolute atomic E-state index is 0.0194. The van der Waals surface area contributed by atoms with Crippen molar-refractivity contribution in [2.24, 2.45) is 0 Å². The predicted molar refractivity (Wildman–Crippen MR) is 107 cm³/mol. The number of nitrogens with zero attached hydrogens (tertiary/aromatic N) is 2. The normalized spacial score (nSPS) is 10.7. The molecule has 130 valence electrons. The van der Waals surface area contributed by atoms with Gasteiger partial charge in [0.05, 0.1) is 27.1 Å². The van der Waals surface area contributed by atoms with Gasteiger partial charge in [0, 0.05) is 10.9 Å². The summed E-state index contributed by atoms with van der Waals surface area (Å²) in [5.41, 5.74) is 1.68. The summed E-state index contributed by atoms with van der Waals surface area (Å²) >= 11 is 18.8. The first-order valence-corrected chi connectivity index (χ1v) is 8.88. The topological polar surface area (TPSA) is 72.6 Å². The maximum atomic E-state index is 9.37. The Morgan fingerprint density at radius 3 is 2.19 bits per heavy atom. The fourth-order valence-corrected chi connectivity index (χ4v) is 3.77. The molecular formula is C20H8Cl3N3O. The average Bonchev–Trinajstić information content (AvgIpc) is 3.07. The molecule has 0 atom stereocenters. The van der Waals surface area contributed by atoms with Gasteiger partial charge in [-0.3, -0.25) is 0 Å². The monoisotopic (exact) mass is 411 g/mol. The number of aromatic amines is 1. The van der Waals surface area contributed by atoms with E-state index < -0.39 is 0 Å². The van der Waals surface area contributed by atoms with Crippen molar-refractivity contribution < 1.29 is 4.74 Å². The number of benzene rings is 3. The molecule has 4 rings (SSSR count). The molecule has 1 aromatic heterocycles. The molecule has 1 heterocycles. The Labute approximate surface area is 169 Å². The van der Waals surface area contributed by atoms with E-state index in [-0.39, 0.29) is 31.9 Å². The summed E-state index contributed by atoms with van der Waals surface area (Å²) < 4.78 is 6.01. The van der Waals surface area contributed by atoms with Crippen LogP contribution in [0.2, 0.25) is 15.1 Å². The van der Waals surface area contributed by atoms with Crippen molar-refractivity contribution in [2.45, 2.75) is 0 Å². The fourth-order valence-electron chi connectivity index (χ4n) is 3.00. The van der Waals surface area contributed by atoms with Gasteiger partial charge in [0.25, 0.3) is 0 Å². The molecule has 27 heavy (non-hydrogen) atoms. The van der Waals surface area contributed by atoms with Crippen molar-refractivity contribution in [3.05, 3.63) is 68.7 Å². The molecule has 4 nitrogen and oxygen atoms in total. The van der Waals surface area contributed by atoms with E-state index in [9.17, 15) is 10.5 Å². The minimum Gasteiger partial charge on any atom is -0.453 e. The van der Waals surface area contributed by atoms with Crippen LogP contribution in [-0.4, -0.2) is 4.98 Å². The van der Waals surface area contributed by atoms with Crippen LogP contribution < -0.4 is 4.74 Å². The zero-order valence-corrected chi connectivity index (χ0v) is 15.7. The lowest BCUT2D eigenvalue weighted by Crippen LogP contribution is -1.95. The molecule has 0 spiro atoms. The lowest BCUT2D eigenvalue weighted by molar-refractivity contribution is 0.489. The molecule has 0 fully saturated rings. The number of ether oxygens (including phenoxy) is 1. The number of halogens is 3. The van der Waals surface area contributed by atoms with Crippen LogP contribution in [0.3, 0.4) is 0 Å². The number of nitrogens with one attached hydrogen (secondary N) is 1. The van der Waals surface area contributed by atoms with E-state index >= 15 is 0 Å². The number of para-hydroxylation sites is 1. The van der Waals surface area contributed by atoms with Gasteiger partial charge in [-0.15, -0.1) is 0 Å². The second kappa shape index (κ2) is 6.68. The van der Waals surface area contributed by atoms with Crippen molar-refractivity contribution in [1.29, 1.82) is 10.5 Å². The van der Waals surface area contributed by atoms with Crippen molar-refractivity contribution in [1.82, 2.24) is 4.98 Å². The van der Waals surface area contributed by atoms with Crippen LogP contribution in [0.25, 0.3) is 21.8 Å². The number of fused-ring (bicyclic) bond motifs is 3. The van der Waals surface area contributed by atoms with Gasteiger partial charge in [-0.05, 0) is 18.2 Å². The van der Waals surface area contributed by atoms with Crippen LogP contribution in [0.1, 0.15) is 11.1 Å². The summed E-state index contributed by atoms with van der Waals surface area (Å²) in [5.74, 6) is 0.537. The molecule has 0 saturated heterocycles. The molecule has 7 heteroatoms. The van der Waals surface area contributed by atoms with Gasteiger partial charge >= 0.3 is 0 Å². The molecule has 0 amide bonds. The highest BCUT2D eigenvalue weighted by atomic mass is 35.5. The summed E-state index contributed by atoms with van der Waals surface area (Å²) in [7, 11) is 0. The Hall–Kier alpha value is -2.89. The first-order valence-electron chi connectivity index (χ1n) is 7.74. The Morgan fingerprint density at radius 1 is 0.778 bits per heavy atom. The number of rotatable bonds is 2. The molecule has 0 unspecified atom stereocenters. The highest BCUT2D eigenvalue weighted by Gasteiger charge is 2.24. The van der Waals surface area contributed by atoms with Gasteiger partial charge in [0.15, 0.2) is 5.75 Å². The highest BCUT2D eigenvalue weighted by Crippen LogP contribution is 2.46. The van der Waals surface area contributed by atoms with Gasteiger partial charge in [-0.1, -0.05) is 59.1 Å². The smallest absolute Gasteiger partial charge is 0.167 e. The summed E-state index contributed by atoms with van der Waals surface area (Å²) in [6.07, 6.45) is 0. The largest absolute Gasteiger partial charge is 0.453 e. The second-order valence-electron chi connectivity index (χ2n) is 5.70. The van der Waals surface area contributed by atoms with Gasteiger partial charge in [-0.2, -0.15) is 10.5 Å². The molecule has 4 aromatic rings. The summed E-state index contributed by atoms with van der Waals surface area (Å²) in [4.78, 5) is 3.32. The SMILES string of the molecule is N#Cc1c(Cl)c(Cl)c(Oc2cccc3[nH]c4ccccc4c23)c(Cl)c1C#N. The van der Waals surface area contributed by atoms with Crippen molar-refractivity contribution >= 4 is 56.6 Å². The number of aromatic nitrogens is 1. The molecule has 0 aliphatic heterocycles. The third-order valence-electron chi connectivity index (χ3n) is 4.21. The zero-order valence-electron chi connectivity index (χ0n) is 13.5. The predicted octanol–water partition coefficient (Wildman–Crippen LogP) is 6.82. The molecule has 0 saturated carbocycles. The van der Waals surface area contributed by atoms with Crippen LogP contribution >= 0.6 is 34.8 Å². The molecule has 0 aliphatic rings. The second-order valence-corrected chi connectivity index (χ2v) is 6.83. The number of hydrogen-bond donors (Lipinski definition) is 1. The number of H-pyrrole nitrogens is 1. The van der Waals surface area contributed by atoms with E-state index in [0.717, 1.165) is 21.8 Å². The van der Waals surface area contributed by atoms with E-state index in [0.29, 0.717) is 5.75 Å². The summed E-state index contributed by atoms with van der Waals surface area (Å²) in [6.45, 7) is 0. The Morgan fingerprint density at radius 2 is 1.44 bits per heavy atom. The number of hydrogen-bond acceptors (Lipinski definition) is 3. The molecule has 0 bridgehead atoms. The van der Waals surface area contributed by atoms with Crippen molar-refractivity contribution in [2.75, 3.05) is 0 Å². The lowest BCUT2D eigenvalue weighted by Gasteiger charge is -2.14. The zero-order chi connectivity index (χ0) is 19.1. The molecule has 1 N–H and O–H groups in total. The first-order chi connectivity index (χ1) is 13.1. The lowest BCUT2D eigenvalue weighted by atomic mass is 10.1. The molecular weight excluding hydrogens is 405 g/mol. The first kappa shape index (κ1) is 17.5. The van der Waals surface area contributed by atoms with E-state index in [1.54, 1.807) is 6.07 Å². The van der Waals surface area contributed by atoms with E-state index in [2.05, 4.69) is 4.98 Å². The van der Waals surface area contributed by atoms with Crippen LogP contribution in [0.5, 0.6) is 11.5 Å². The molecule has 0 aliphatic carbocycles. The van der Waals surface area contributed by atoms with E-state index in [1.165, 1.54) is 0 Å². The van der Waals surface area contributed by atoms with Crippen LogP contribution in [0.4, 0.5) is 0 Å². The van der Waals surface area contributed by atoms with Gasteiger partial charge in [-0.25, -0.2) is 0 Å². The third kappa shape index (κ3) is 2.67. The molecule has 3 aromatic carbocycles. The highest BCUT2D eigenvalue weighted by molar-refractivity contribution is 6.46. The van der Waals surface area contributed by atoms with Gasteiger partial charge in [0.2, 0.25) is 0 Å². The van der Waals surface area contributed by atoms with Crippen LogP contribution in [0.15, 0.2) is 42.5 Å². The van der Waals surface area contributed by atoms with Gasteiger partial charge in [0.1, 0.15) is 27.9 Å². The van der Waals surface area contributed by atoms with Crippen LogP contribution in [-0.2, 0) is 0 Å². The van der Waals surface area contributed by atoms with Crippen molar-refractivity contribution in [3.8, 4) is 23.6 Å². The Kier molecular flexibility index (Phi) is 4.34. The quantitative estimate of drug-likeness (QED) is 0.367. The minimum atomic E-state index is -0.0770. The maximum absolute atomic E-state index is 9.37. The van der Waals surface area contributed by atoms with Crippen molar-refractivity contribution in [3.63, 3.8) is 0 Å². The third-order valence-corrected chi connectivity index (χ3v) is 5.40. The maximum Gasteiger partial charge on any atom is 0.167 e. The Bertz CT molecular complexity index is 1310. The average molecular weight is 413 g/mol. The molecule has 0 radical (unpaired) electrons.